The maximum atomic E-state index is 6.24. The first-order valence-corrected chi connectivity index (χ1v) is 10.6. The number of hydrogen-bond acceptors (Lipinski definition) is 4. The van der Waals surface area contributed by atoms with Gasteiger partial charge >= 0.3 is 0 Å². The van der Waals surface area contributed by atoms with Crippen LogP contribution in [0.25, 0.3) is 21.3 Å². The van der Waals surface area contributed by atoms with E-state index < -0.39 is 0 Å². The van der Waals surface area contributed by atoms with Crippen molar-refractivity contribution in [3.05, 3.63) is 40.5 Å². The van der Waals surface area contributed by atoms with Crippen LogP contribution in [0.15, 0.2) is 29.6 Å². The second kappa shape index (κ2) is 8.36. The second-order valence-electron chi connectivity index (χ2n) is 6.91. The van der Waals surface area contributed by atoms with Gasteiger partial charge in [-0.1, -0.05) is 52.0 Å². The lowest BCUT2D eigenvalue weighted by Gasteiger charge is -2.24. The highest BCUT2D eigenvalue weighted by atomic mass is 35.5. The number of anilines is 1. The molecule has 0 aliphatic carbocycles. The van der Waals surface area contributed by atoms with Gasteiger partial charge in [0.1, 0.15) is 10.6 Å². The molecule has 0 saturated carbocycles. The van der Waals surface area contributed by atoms with E-state index in [1.807, 2.05) is 0 Å². The van der Waals surface area contributed by atoms with E-state index in [0.29, 0.717) is 11.2 Å². The molecule has 0 N–H and O–H groups in total. The van der Waals surface area contributed by atoms with Crippen LogP contribution in [0.4, 0.5) is 5.82 Å². The molecule has 0 unspecified atom stereocenters. The zero-order chi connectivity index (χ0) is 18.7. The minimum Gasteiger partial charge on any atom is -0.356 e. The van der Waals surface area contributed by atoms with E-state index in [9.17, 15) is 0 Å². The van der Waals surface area contributed by atoms with E-state index in [4.69, 9.17) is 11.6 Å². The molecule has 0 aliphatic rings. The summed E-state index contributed by atoms with van der Waals surface area (Å²) in [6.07, 6.45) is 2.15. The third-order valence-electron chi connectivity index (χ3n) is 4.56. The van der Waals surface area contributed by atoms with E-state index in [0.717, 1.165) is 42.0 Å². The highest BCUT2D eigenvalue weighted by Gasteiger charge is 2.19. The Hall–Kier alpha value is -1.65. The normalized spacial score (nSPS) is 11.5. The van der Waals surface area contributed by atoms with Gasteiger partial charge < -0.3 is 4.90 Å². The van der Waals surface area contributed by atoms with Gasteiger partial charge in [0.2, 0.25) is 5.28 Å². The molecule has 0 aliphatic heterocycles. The second-order valence-corrected chi connectivity index (χ2v) is 8.11. The van der Waals surface area contributed by atoms with Crippen LogP contribution in [0.1, 0.15) is 52.0 Å². The first-order chi connectivity index (χ1) is 12.5. The van der Waals surface area contributed by atoms with E-state index in [2.05, 4.69) is 72.2 Å². The molecular formula is C21H26ClN3S. The van der Waals surface area contributed by atoms with Crippen LogP contribution >= 0.6 is 22.9 Å². The summed E-state index contributed by atoms with van der Waals surface area (Å²) >= 11 is 7.88. The fourth-order valence-corrected chi connectivity index (χ4v) is 4.41. The van der Waals surface area contributed by atoms with Crippen molar-refractivity contribution in [2.24, 2.45) is 0 Å². The lowest BCUT2D eigenvalue weighted by atomic mass is 9.99. The van der Waals surface area contributed by atoms with E-state index in [1.165, 1.54) is 16.7 Å². The number of halogens is 1. The summed E-state index contributed by atoms with van der Waals surface area (Å²) in [6, 6.07) is 8.85. The van der Waals surface area contributed by atoms with Crippen molar-refractivity contribution >= 4 is 39.0 Å². The quantitative estimate of drug-likeness (QED) is 0.419. The van der Waals surface area contributed by atoms with Gasteiger partial charge in [-0.05, 0) is 41.5 Å². The monoisotopic (exact) mass is 387 g/mol. The smallest absolute Gasteiger partial charge is 0.225 e. The molecule has 0 saturated heterocycles. The molecule has 0 fully saturated rings. The average molecular weight is 388 g/mol. The molecule has 0 atom stereocenters. The van der Waals surface area contributed by atoms with Crippen LogP contribution in [-0.4, -0.2) is 23.1 Å². The molecule has 2 heterocycles. The molecule has 138 valence electrons. The first kappa shape index (κ1) is 19.1. The fourth-order valence-electron chi connectivity index (χ4n) is 3.25. The first-order valence-electron chi connectivity index (χ1n) is 9.35. The number of hydrogen-bond donors (Lipinski definition) is 0. The summed E-state index contributed by atoms with van der Waals surface area (Å²) in [5.74, 6) is 1.50. The summed E-state index contributed by atoms with van der Waals surface area (Å²) in [5, 5.41) is 3.63. The topological polar surface area (TPSA) is 29.0 Å². The van der Waals surface area contributed by atoms with Crippen LogP contribution in [0.5, 0.6) is 0 Å². The zero-order valence-corrected chi connectivity index (χ0v) is 17.5. The Balaban J connectivity index is 2.15. The van der Waals surface area contributed by atoms with Crippen LogP contribution in [-0.2, 0) is 0 Å². The third-order valence-corrected chi connectivity index (χ3v) is 5.60. The number of nitrogens with zero attached hydrogens (tertiary/aromatic N) is 3. The number of rotatable bonds is 7. The van der Waals surface area contributed by atoms with Gasteiger partial charge in [-0.2, -0.15) is 4.98 Å². The van der Waals surface area contributed by atoms with E-state index >= 15 is 0 Å². The van der Waals surface area contributed by atoms with Crippen molar-refractivity contribution < 1.29 is 0 Å². The third kappa shape index (κ3) is 3.86. The Morgan fingerprint density at radius 1 is 1.04 bits per heavy atom. The van der Waals surface area contributed by atoms with Gasteiger partial charge in [0.15, 0.2) is 0 Å². The molecular weight excluding hydrogens is 362 g/mol. The maximum absolute atomic E-state index is 6.24. The van der Waals surface area contributed by atoms with Gasteiger partial charge in [0.05, 0.1) is 5.39 Å². The van der Waals surface area contributed by atoms with Crippen molar-refractivity contribution in [1.29, 1.82) is 0 Å². The van der Waals surface area contributed by atoms with Crippen LogP contribution in [0.3, 0.4) is 0 Å². The van der Waals surface area contributed by atoms with Crippen LogP contribution < -0.4 is 4.90 Å². The number of fused-ring (bicyclic) bond motifs is 1. The summed E-state index contributed by atoms with van der Waals surface area (Å²) in [6.45, 7) is 10.8. The summed E-state index contributed by atoms with van der Waals surface area (Å²) < 4.78 is 0. The summed E-state index contributed by atoms with van der Waals surface area (Å²) in [4.78, 5) is 12.4. The van der Waals surface area contributed by atoms with Gasteiger partial charge in [0.25, 0.3) is 0 Å². The predicted molar refractivity (Wildman–Crippen MR) is 115 cm³/mol. The summed E-state index contributed by atoms with van der Waals surface area (Å²) in [7, 11) is 0. The molecule has 3 nitrogen and oxygen atoms in total. The molecule has 2 aromatic heterocycles. The van der Waals surface area contributed by atoms with Crippen molar-refractivity contribution in [3.63, 3.8) is 0 Å². The lowest BCUT2D eigenvalue weighted by Crippen LogP contribution is -2.26. The number of thiophene rings is 1. The van der Waals surface area contributed by atoms with Crippen LogP contribution in [0.2, 0.25) is 5.28 Å². The minimum atomic E-state index is 0.327. The molecule has 0 spiro atoms. The highest BCUT2D eigenvalue weighted by molar-refractivity contribution is 7.17. The van der Waals surface area contributed by atoms with E-state index in [1.54, 1.807) is 11.3 Å². The Morgan fingerprint density at radius 3 is 2.27 bits per heavy atom. The standard InChI is InChI=1S/C21H26ClN3S/c1-5-11-25(12-6-2)19-18-17(13-26-20(18)24-21(22)23-19)16-9-7-15(8-10-16)14(3)4/h7-10,13-14H,5-6,11-12H2,1-4H3. The van der Waals surface area contributed by atoms with Gasteiger partial charge in [-0.15, -0.1) is 11.3 Å². The largest absolute Gasteiger partial charge is 0.356 e. The molecule has 3 rings (SSSR count). The van der Waals surface area contributed by atoms with Crippen LogP contribution in [0, 0.1) is 0 Å². The van der Waals surface area contributed by atoms with Gasteiger partial charge in [-0.25, -0.2) is 4.98 Å². The Labute approximate surface area is 165 Å². The maximum Gasteiger partial charge on any atom is 0.225 e. The molecule has 26 heavy (non-hydrogen) atoms. The average Bonchev–Trinajstić information content (AvgIpc) is 3.04. The van der Waals surface area contributed by atoms with Gasteiger partial charge in [0, 0.05) is 24.0 Å². The fraction of sp³-hybridized carbons (Fsp3) is 0.429. The van der Waals surface area contributed by atoms with E-state index in [-0.39, 0.29) is 0 Å². The molecule has 0 radical (unpaired) electrons. The minimum absolute atomic E-state index is 0.327. The zero-order valence-electron chi connectivity index (χ0n) is 15.9. The van der Waals surface area contributed by atoms with Gasteiger partial charge in [-0.3, -0.25) is 0 Å². The van der Waals surface area contributed by atoms with Crippen molar-refractivity contribution in [3.8, 4) is 11.1 Å². The molecule has 5 heteroatoms. The highest BCUT2D eigenvalue weighted by Crippen LogP contribution is 2.39. The Bertz CT molecular complexity index is 865. The predicted octanol–water partition coefficient (Wildman–Crippen LogP) is 6.76. The van der Waals surface area contributed by atoms with Crippen molar-refractivity contribution in [2.45, 2.75) is 46.5 Å². The SMILES string of the molecule is CCCN(CCC)c1nc(Cl)nc2scc(-c3ccc(C(C)C)cc3)c12. The Kier molecular flexibility index (Phi) is 6.15. The summed E-state index contributed by atoms with van der Waals surface area (Å²) in [5.41, 5.74) is 3.76. The number of aromatic nitrogens is 2. The molecule has 3 aromatic rings. The Morgan fingerprint density at radius 2 is 1.69 bits per heavy atom. The lowest BCUT2D eigenvalue weighted by molar-refractivity contribution is 0.736. The van der Waals surface area contributed by atoms with Crippen molar-refractivity contribution in [2.75, 3.05) is 18.0 Å². The van der Waals surface area contributed by atoms with Crippen molar-refractivity contribution in [1.82, 2.24) is 9.97 Å². The molecule has 0 amide bonds. The molecule has 0 bridgehead atoms. The number of benzene rings is 1. The molecule has 1 aromatic carbocycles.